The van der Waals surface area contributed by atoms with Crippen LogP contribution in [0.3, 0.4) is 0 Å². The van der Waals surface area contributed by atoms with Crippen LogP contribution in [0.4, 0.5) is 0 Å². The van der Waals surface area contributed by atoms with Gasteiger partial charge in [-0.3, -0.25) is 4.68 Å². The van der Waals surface area contributed by atoms with Crippen LogP contribution in [0, 0.1) is 6.92 Å². The van der Waals surface area contributed by atoms with E-state index in [-0.39, 0.29) is 6.04 Å². The molecule has 0 saturated carbocycles. The molecule has 102 valence electrons. The maximum atomic E-state index is 5.47. The van der Waals surface area contributed by atoms with Crippen molar-refractivity contribution in [2.45, 2.75) is 19.9 Å². The fourth-order valence-electron chi connectivity index (χ4n) is 2.40. The Morgan fingerprint density at radius 3 is 2.63 bits per heavy atom. The van der Waals surface area contributed by atoms with Crippen LogP contribution in [-0.2, 0) is 7.05 Å². The van der Waals surface area contributed by atoms with Gasteiger partial charge in [-0.15, -0.1) is 0 Å². The second kappa shape index (κ2) is 5.89. The van der Waals surface area contributed by atoms with Crippen molar-refractivity contribution in [2.24, 2.45) is 7.05 Å². The summed E-state index contributed by atoms with van der Waals surface area (Å²) in [5.41, 5.74) is 3.37. The summed E-state index contributed by atoms with van der Waals surface area (Å²) in [6.45, 7) is 5.03. The maximum Gasteiger partial charge on any atom is 0.123 e. The lowest BCUT2D eigenvalue weighted by atomic mass is 9.98. The molecule has 0 amide bonds. The molecule has 19 heavy (non-hydrogen) atoms. The molecular weight excluding hydrogens is 238 g/mol. The van der Waals surface area contributed by atoms with Crippen molar-refractivity contribution in [1.29, 1.82) is 0 Å². The molecule has 0 aliphatic rings. The van der Waals surface area contributed by atoms with E-state index in [2.05, 4.69) is 29.6 Å². The minimum Gasteiger partial charge on any atom is -0.496 e. The molecule has 0 radical (unpaired) electrons. The first-order valence-electron chi connectivity index (χ1n) is 6.53. The van der Waals surface area contributed by atoms with E-state index in [0.717, 1.165) is 23.6 Å². The van der Waals surface area contributed by atoms with Crippen LogP contribution in [0.2, 0.25) is 0 Å². The van der Waals surface area contributed by atoms with E-state index in [1.807, 2.05) is 36.9 Å². The summed E-state index contributed by atoms with van der Waals surface area (Å²) in [6, 6.07) is 8.22. The van der Waals surface area contributed by atoms with Gasteiger partial charge in [0.1, 0.15) is 5.75 Å². The van der Waals surface area contributed by atoms with E-state index >= 15 is 0 Å². The number of hydrogen-bond acceptors (Lipinski definition) is 3. The topological polar surface area (TPSA) is 39.1 Å². The molecule has 2 rings (SSSR count). The Kier molecular flexibility index (Phi) is 4.22. The van der Waals surface area contributed by atoms with Crippen LogP contribution in [0.5, 0.6) is 5.75 Å². The van der Waals surface area contributed by atoms with Crippen LogP contribution in [0.15, 0.2) is 30.5 Å². The first-order valence-corrected chi connectivity index (χ1v) is 6.53. The van der Waals surface area contributed by atoms with Gasteiger partial charge in [0, 0.05) is 24.4 Å². The Bertz CT molecular complexity index is 548. The predicted molar refractivity (Wildman–Crippen MR) is 76.5 cm³/mol. The number of aromatic nitrogens is 2. The summed E-state index contributed by atoms with van der Waals surface area (Å²) < 4.78 is 7.33. The summed E-state index contributed by atoms with van der Waals surface area (Å²) in [6.07, 6.45) is 2.06. The number of hydrogen-bond donors (Lipinski definition) is 1. The summed E-state index contributed by atoms with van der Waals surface area (Å²) in [5, 5.41) is 7.94. The minimum atomic E-state index is 0.106. The van der Waals surface area contributed by atoms with Crippen LogP contribution in [-0.4, -0.2) is 23.4 Å². The number of nitrogens with one attached hydrogen (secondary N) is 1. The average molecular weight is 259 g/mol. The molecule has 1 unspecified atom stereocenters. The molecule has 1 N–H and O–H groups in total. The van der Waals surface area contributed by atoms with E-state index in [1.165, 1.54) is 5.56 Å². The summed E-state index contributed by atoms with van der Waals surface area (Å²) in [7, 11) is 3.65. The molecule has 1 aromatic heterocycles. The number of aryl methyl sites for hydroxylation is 2. The molecule has 0 saturated heterocycles. The van der Waals surface area contributed by atoms with Crippen molar-refractivity contribution < 1.29 is 4.74 Å². The molecule has 2 aromatic rings. The fourth-order valence-corrected chi connectivity index (χ4v) is 2.40. The smallest absolute Gasteiger partial charge is 0.123 e. The molecule has 4 nitrogen and oxygen atoms in total. The Hall–Kier alpha value is -1.81. The number of methoxy groups -OCH3 is 1. The van der Waals surface area contributed by atoms with Gasteiger partial charge in [-0.1, -0.05) is 25.1 Å². The zero-order valence-electron chi connectivity index (χ0n) is 12.0. The molecule has 0 spiro atoms. The van der Waals surface area contributed by atoms with Crippen molar-refractivity contribution in [3.8, 4) is 5.75 Å². The van der Waals surface area contributed by atoms with Crippen molar-refractivity contribution in [3.63, 3.8) is 0 Å². The zero-order valence-corrected chi connectivity index (χ0v) is 12.0. The second-order valence-electron chi connectivity index (χ2n) is 4.58. The van der Waals surface area contributed by atoms with Crippen molar-refractivity contribution in [3.05, 3.63) is 47.3 Å². The molecule has 0 aliphatic carbocycles. The molecule has 0 aliphatic heterocycles. The van der Waals surface area contributed by atoms with Crippen molar-refractivity contribution in [1.82, 2.24) is 15.1 Å². The highest BCUT2D eigenvalue weighted by molar-refractivity contribution is 5.42. The van der Waals surface area contributed by atoms with Gasteiger partial charge in [-0.2, -0.15) is 5.10 Å². The van der Waals surface area contributed by atoms with E-state index in [9.17, 15) is 0 Å². The third kappa shape index (κ3) is 2.79. The molecule has 0 bridgehead atoms. The van der Waals surface area contributed by atoms with E-state index in [0.29, 0.717) is 0 Å². The Balaban J connectivity index is 2.48. The third-order valence-electron chi connectivity index (χ3n) is 3.22. The summed E-state index contributed by atoms with van der Waals surface area (Å²) >= 11 is 0. The van der Waals surface area contributed by atoms with E-state index in [4.69, 9.17) is 4.74 Å². The molecule has 4 heteroatoms. The molecule has 1 atom stereocenters. The quantitative estimate of drug-likeness (QED) is 0.896. The monoisotopic (exact) mass is 259 g/mol. The molecular formula is C15H21N3O. The first-order chi connectivity index (χ1) is 9.17. The van der Waals surface area contributed by atoms with Gasteiger partial charge in [0.15, 0.2) is 0 Å². The van der Waals surface area contributed by atoms with Crippen LogP contribution < -0.4 is 10.1 Å². The van der Waals surface area contributed by atoms with Gasteiger partial charge in [-0.25, -0.2) is 0 Å². The lowest BCUT2D eigenvalue weighted by Gasteiger charge is -2.20. The lowest BCUT2D eigenvalue weighted by molar-refractivity contribution is 0.404. The lowest BCUT2D eigenvalue weighted by Crippen LogP contribution is -2.22. The number of para-hydroxylation sites is 1. The van der Waals surface area contributed by atoms with Gasteiger partial charge >= 0.3 is 0 Å². The summed E-state index contributed by atoms with van der Waals surface area (Å²) in [4.78, 5) is 0. The summed E-state index contributed by atoms with van der Waals surface area (Å²) in [5.74, 6) is 0.900. The van der Waals surface area contributed by atoms with Gasteiger partial charge in [0.05, 0.1) is 18.8 Å². The van der Waals surface area contributed by atoms with Crippen LogP contribution >= 0.6 is 0 Å². The highest BCUT2D eigenvalue weighted by atomic mass is 16.5. The van der Waals surface area contributed by atoms with Gasteiger partial charge < -0.3 is 10.1 Å². The predicted octanol–water partition coefficient (Wildman–Crippen LogP) is 2.44. The maximum absolute atomic E-state index is 5.47. The van der Waals surface area contributed by atoms with Crippen molar-refractivity contribution in [2.75, 3.05) is 13.7 Å². The zero-order chi connectivity index (χ0) is 13.8. The Labute approximate surface area is 114 Å². The minimum absolute atomic E-state index is 0.106. The van der Waals surface area contributed by atoms with Gasteiger partial charge in [0.2, 0.25) is 0 Å². The first kappa shape index (κ1) is 13.6. The normalized spacial score (nSPS) is 12.4. The molecule has 0 fully saturated rings. The highest BCUT2D eigenvalue weighted by Crippen LogP contribution is 2.30. The van der Waals surface area contributed by atoms with Crippen LogP contribution in [0.25, 0.3) is 0 Å². The highest BCUT2D eigenvalue weighted by Gasteiger charge is 2.20. The largest absolute Gasteiger partial charge is 0.496 e. The Morgan fingerprint density at radius 1 is 1.32 bits per heavy atom. The SMILES string of the molecule is CCNC(c1ccccc1OC)c1cn(C)nc1C. The van der Waals surface area contributed by atoms with Crippen LogP contribution in [0.1, 0.15) is 29.8 Å². The van der Waals surface area contributed by atoms with Crippen molar-refractivity contribution >= 4 is 0 Å². The number of nitrogens with zero attached hydrogens (tertiary/aromatic N) is 2. The molecule has 1 heterocycles. The van der Waals surface area contributed by atoms with Gasteiger partial charge in [0.25, 0.3) is 0 Å². The molecule has 1 aromatic carbocycles. The van der Waals surface area contributed by atoms with Gasteiger partial charge in [-0.05, 0) is 19.5 Å². The van der Waals surface area contributed by atoms with E-state index < -0.39 is 0 Å². The average Bonchev–Trinajstić information content (AvgIpc) is 2.75. The van der Waals surface area contributed by atoms with E-state index in [1.54, 1.807) is 7.11 Å². The number of ether oxygens (including phenoxy) is 1. The third-order valence-corrected chi connectivity index (χ3v) is 3.22. The standard InChI is InChI=1S/C15H21N3O/c1-5-16-15(13-10-18(3)17-11(13)2)12-8-6-7-9-14(12)19-4/h6-10,15-16H,5H2,1-4H3. The second-order valence-corrected chi connectivity index (χ2v) is 4.58. The fraction of sp³-hybridized carbons (Fsp3) is 0.400. The number of rotatable bonds is 5. The number of benzene rings is 1. The Morgan fingerprint density at radius 2 is 2.05 bits per heavy atom.